The van der Waals surface area contributed by atoms with Crippen molar-refractivity contribution in [3.63, 3.8) is 0 Å². The van der Waals surface area contributed by atoms with Gasteiger partial charge in [-0.05, 0) is 40.9 Å². The van der Waals surface area contributed by atoms with E-state index in [2.05, 4.69) is 18.6 Å². The molecule has 1 aromatic carbocycles. The lowest BCUT2D eigenvalue weighted by molar-refractivity contribution is 0.557. The molecular formula is C19H31NO4S2. The summed E-state index contributed by atoms with van der Waals surface area (Å²) in [7, 11) is -6.95. The van der Waals surface area contributed by atoms with Gasteiger partial charge < -0.3 is 0 Å². The fourth-order valence-corrected chi connectivity index (χ4v) is 7.11. The van der Waals surface area contributed by atoms with Gasteiger partial charge in [0.15, 0.2) is 9.84 Å². The van der Waals surface area contributed by atoms with Crippen molar-refractivity contribution in [3.8, 4) is 0 Å². The maximum atomic E-state index is 13.2. The van der Waals surface area contributed by atoms with Crippen LogP contribution < -0.4 is 4.72 Å². The van der Waals surface area contributed by atoms with Gasteiger partial charge in [-0.25, -0.2) is 21.6 Å². The Labute approximate surface area is 158 Å². The Hall–Kier alpha value is -0.920. The Morgan fingerprint density at radius 1 is 0.962 bits per heavy atom. The van der Waals surface area contributed by atoms with E-state index in [1.807, 2.05) is 39.8 Å². The van der Waals surface area contributed by atoms with Crippen LogP contribution in [0.5, 0.6) is 0 Å². The Morgan fingerprint density at radius 2 is 1.46 bits per heavy atom. The molecule has 1 heterocycles. The summed E-state index contributed by atoms with van der Waals surface area (Å²) in [6.07, 6.45) is 0.333. The molecule has 0 amide bonds. The van der Waals surface area contributed by atoms with Gasteiger partial charge >= 0.3 is 0 Å². The molecule has 148 valence electrons. The third-order valence-corrected chi connectivity index (χ3v) is 8.32. The lowest BCUT2D eigenvalue weighted by atomic mass is 9.89. The first-order valence-corrected chi connectivity index (χ1v) is 12.5. The lowest BCUT2D eigenvalue weighted by Crippen LogP contribution is -2.36. The summed E-state index contributed by atoms with van der Waals surface area (Å²) in [5.41, 5.74) is 2.72. The van der Waals surface area contributed by atoms with E-state index in [9.17, 15) is 16.8 Å². The van der Waals surface area contributed by atoms with Crippen LogP contribution in [-0.2, 0) is 19.9 Å². The number of hydrogen-bond donors (Lipinski definition) is 1. The smallest absolute Gasteiger partial charge is 0.229 e. The van der Waals surface area contributed by atoms with Crippen molar-refractivity contribution in [3.05, 3.63) is 28.8 Å². The maximum absolute atomic E-state index is 13.2. The fraction of sp³-hybridized carbons (Fsp3) is 0.684. The summed E-state index contributed by atoms with van der Waals surface area (Å²) in [5.74, 6) is 0.315. The van der Waals surface area contributed by atoms with Crippen LogP contribution in [0.25, 0.3) is 0 Å². The number of sulfone groups is 1. The second-order valence-electron chi connectivity index (χ2n) is 8.21. The molecular weight excluding hydrogens is 370 g/mol. The predicted molar refractivity (Wildman–Crippen MR) is 106 cm³/mol. The number of benzene rings is 1. The van der Waals surface area contributed by atoms with Crippen molar-refractivity contribution < 1.29 is 16.8 Å². The monoisotopic (exact) mass is 401 g/mol. The van der Waals surface area contributed by atoms with E-state index in [0.29, 0.717) is 17.2 Å². The van der Waals surface area contributed by atoms with Gasteiger partial charge in [0, 0.05) is 6.04 Å². The van der Waals surface area contributed by atoms with E-state index in [-0.39, 0.29) is 23.3 Å². The van der Waals surface area contributed by atoms with Crippen LogP contribution in [0.3, 0.4) is 0 Å². The van der Waals surface area contributed by atoms with Gasteiger partial charge in [0.25, 0.3) is 0 Å². The molecule has 5 nitrogen and oxygen atoms in total. The first kappa shape index (κ1) is 21.4. The molecule has 0 aliphatic carbocycles. The minimum Gasteiger partial charge on any atom is -0.229 e. The fourth-order valence-electron chi connectivity index (χ4n) is 3.37. The van der Waals surface area contributed by atoms with Crippen molar-refractivity contribution in [1.82, 2.24) is 4.72 Å². The van der Waals surface area contributed by atoms with E-state index in [1.165, 1.54) is 0 Å². The van der Waals surface area contributed by atoms with E-state index >= 15 is 0 Å². The molecule has 7 heteroatoms. The molecule has 26 heavy (non-hydrogen) atoms. The Balaban J connectivity index is 2.58. The van der Waals surface area contributed by atoms with Crippen molar-refractivity contribution in [2.24, 2.45) is 0 Å². The molecule has 1 fully saturated rings. The highest BCUT2D eigenvalue weighted by molar-refractivity contribution is 7.92. The molecule has 0 bridgehead atoms. The number of rotatable bonds is 6. The molecule has 1 atom stereocenters. The summed E-state index contributed by atoms with van der Waals surface area (Å²) >= 11 is 0. The van der Waals surface area contributed by atoms with Gasteiger partial charge in [0.05, 0.1) is 16.4 Å². The van der Waals surface area contributed by atoms with Gasteiger partial charge in [-0.3, -0.25) is 0 Å². The second kappa shape index (κ2) is 7.60. The molecule has 1 aliphatic heterocycles. The first-order chi connectivity index (χ1) is 11.8. The predicted octanol–water partition coefficient (Wildman–Crippen LogP) is 3.52. The molecule has 0 radical (unpaired) electrons. The largest absolute Gasteiger partial charge is 0.241 e. The van der Waals surface area contributed by atoms with Crippen LogP contribution in [-0.4, -0.2) is 34.4 Å². The second-order valence-corrected chi connectivity index (χ2v) is 12.1. The minimum absolute atomic E-state index is 0.0422. The van der Waals surface area contributed by atoms with Crippen LogP contribution in [0.1, 0.15) is 82.4 Å². The van der Waals surface area contributed by atoms with Crippen LogP contribution in [0.4, 0.5) is 0 Å². The van der Waals surface area contributed by atoms with Crippen LogP contribution in [0.2, 0.25) is 0 Å². The zero-order valence-electron chi connectivity index (χ0n) is 16.5. The normalized spacial score (nSPS) is 20.4. The zero-order valence-corrected chi connectivity index (χ0v) is 18.2. The van der Waals surface area contributed by atoms with Gasteiger partial charge in [-0.2, -0.15) is 0 Å². The van der Waals surface area contributed by atoms with Gasteiger partial charge in [0.1, 0.15) is 0 Å². The van der Waals surface area contributed by atoms with E-state index in [4.69, 9.17) is 0 Å². The minimum atomic E-state index is -3.80. The van der Waals surface area contributed by atoms with Crippen LogP contribution >= 0.6 is 0 Å². The number of sulfonamides is 1. The van der Waals surface area contributed by atoms with Crippen LogP contribution in [0.15, 0.2) is 17.0 Å². The lowest BCUT2D eigenvalue weighted by Gasteiger charge is -2.24. The van der Waals surface area contributed by atoms with Gasteiger partial charge in [-0.15, -0.1) is 0 Å². The number of nitrogens with one attached hydrogen (secondary N) is 1. The summed E-state index contributed by atoms with van der Waals surface area (Å²) in [6, 6.07) is 3.43. The molecule has 1 aliphatic rings. The van der Waals surface area contributed by atoms with Crippen molar-refractivity contribution >= 4 is 19.9 Å². The molecule has 0 spiro atoms. The van der Waals surface area contributed by atoms with Gasteiger partial charge in [0.2, 0.25) is 10.0 Å². The maximum Gasteiger partial charge on any atom is 0.241 e. The molecule has 1 N–H and O–H groups in total. The summed E-state index contributed by atoms with van der Waals surface area (Å²) in [5, 5.41) is 0. The topological polar surface area (TPSA) is 80.3 Å². The highest BCUT2D eigenvalue weighted by atomic mass is 32.2. The Morgan fingerprint density at radius 3 is 1.81 bits per heavy atom. The van der Waals surface area contributed by atoms with Crippen molar-refractivity contribution in [1.29, 1.82) is 0 Å². The molecule has 1 unspecified atom stereocenters. The van der Waals surface area contributed by atoms with E-state index < -0.39 is 25.9 Å². The SMILES string of the molecule is CC(C)c1cc(C(C)C)c(S(=O)(=O)NC2CCS(=O)(=O)C2)c(C(C)C)c1. The molecule has 0 aromatic heterocycles. The van der Waals surface area contributed by atoms with E-state index in [0.717, 1.165) is 16.7 Å². The zero-order chi connectivity index (χ0) is 19.9. The van der Waals surface area contributed by atoms with Gasteiger partial charge in [-0.1, -0.05) is 53.7 Å². The third-order valence-electron chi connectivity index (χ3n) is 4.90. The number of hydrogen-bond acceptors (Lipinski definition) is 4. The standard InChI is InChI=1S/C19H31NO4S2/c1-12(2)15-9-17(13(3)4)19(18(10-15)14(5)6)26(23,24)20-16-7-8-25(21,22)11-16/h9-10,12-14,16,20H,7-8,11H2,1-6H3. The molecule has 1 aromatic rings. The first-order valence-electron chi connectivity index (χ1n) is 9.24. The highest BCUT2D eigenvalue weighted by Gasteiger charge is 2.34. The Bertz CT molecular complexity index is 840. The summed E-state index contributed by atoms with van der Waals surface area (Å²) in [4.78, 5) is 0.330. The Kier molecular flexibility index (Phi) is 6.25. The van der Waals surface area contributed by atoms with E-state index in [1.54, 1.807) is 0 Å². The van der Waals surface area contributed by atoms with Crippen molar-refractivity contribution in [2.75, 3.05) is 11.5 Å². The highest BCUT2D eigenvalue weighted by Crippen LogP contribution is 2.35. The summed E-state index contributed by atoms with van der Waals surface area (Å²) < 4.78 is 52.5. The molecule has 1 saturated heterocycles. The van der Waals surface area contributed by atoms with Crippen molar-refractivity contribution in [2.45, 2.75) is 76.7 Å². The molecule has 2 rings (SSSR count). The average molecular weight is 402 g/mol. The third kappa shape index (κ3) is 4.67. The van der Waals surface area contributed by atoms with Crippen LogP contribution in [0, 0.1) is 0 Å². The average Bonchev–Trinajstić information content (AvgIpc) is 2.83. The summed E-state index contributed by atoms with van der Waals surface area (Å²) in [6.45, 7) is 12.1. The quantitative estimate of drug-likeness (QED) is 0.791. The molecule has 0 saturated carbocycles.